The average molecular weight is 690 g/mol. The zero-order valence-electron chi connectivity index (χ0n) is 33.6. The van der Waals surface area contributed by atoms with Gasteiger partial charge in [0.05, 0.1) is 6.42 Å². The highest BCUT2D eigenvalue weighted by Gasteiger charge is 2.39. The molecule has 49 heavy (non-hydrogen) atoms. The van der Waals surface area contributed by atoms with Crippen molar-refractivity contribution in [2.75, 3.05) is 20.6 Å². The van der Waals surface area contributed by atoms with Crippen LogP contribution in [0.25, 0.3) is 0 Å². The fourth-order valence-electron chi connectivity index (χ4n) is 7.82. The molecule has 0 aromatic heterocycles. The molecule has 1 aliphatic rings. The molecule has 0 radical (unpaired) electrons. The second-order valence-corrected chi connectivity index (χ2v) is 15.8. The first-order chi connectivity index (χ1) is 23.8. The van der Waals surface area contributed by atoms with Gasteiger partial charge in [0.2, 0.25) is 0 Å². The lowest BCUT2D eigenvalue weighted by Crippen LogP contribution is -2.29. The molecule has 0 heterocycles. The zero-order chi connectivity index (χ0) is 36.0. The molecule has 0 saturated heterocycles. The van der Waals surface area contributed by atoms with E-state index in [1.54, 1.807) is 0 Å². The Bertz CT molecular complexity index is 795. The fraction of sp³-hybridized carbons (Fsp3) is 0.909. The third-order valence-electron chi connectivity index (χ3n) is 10.9. The lowest BCUT2D eigenvalue weighted by molar-refractivity contribution is -0.153. The molecular formula is C44H83NO4. The topological polar surface area (TPSA) is 55.8 Å². The Hall–Kier alpha value is -1.36. The minimum atomic E-state index is -0.118. The van der Waals surface area contributed by atoms with Gasteiger partial charge in [-0.15, -0.1) is 0 Å². The molecule has 1 saturated carbocycles. The Morgan fingerprint density at radius 3 is 1.73 bits per heavy atom. The number of hydrogen-bond donors (Lipinski definition) is 0. The molecule has 1 fully saturated rings. The van der Waals surface area contributed by atoms with Crippen LogP contribution in [0.5, 0.6) is 0 Å². The van der Waals surface area contributed by atoms with Gasteiger partial charge in [0, 0.05) is 18.9 Å². The van der Waals surface area contributed by atoms with Crippen molar-refractivity contribution in [2.45, 2.75) is 220 Å². The van der Waals surface area contributed by atoms with Gasteiger partial charge in [0.1, 0.15) is 12.2 Å². The Kier molecular flexibility index (Phi) is 29.2. The summed E-state index contributed by atoms with van der Waals surface area (Å²) >= 11 is 0. The number of carbonyl (C=O) groups is 2. The highest BCUT2D eigenvalue weighted by Crippen LogP contribution is 2.40. The third-order valence-corrected chi connectivity index (χ3v) is 10.9. The second kappa shape index (κ2) is 31.4. The maximum Gasteiger partial charge on any atom is 0.307 e. The predicted octanol–water partition coefficient (Wildman–Crippen LogP) is 12.8. The number of hydrogen-bond acceptors (Lipinski definition) is 5. The molecule has 0 amide bonds. The van der Waals surface area contributed by atoms with E-state index in [-0.39, 0.29) is 36.0 Å². The van der Waals surface area contributed by atoms with Crippen LogP contribution in [0.3, 0.4) is 0 Å². The summed E-state index contributed by atoms with van der Waals surface area (Å²) in [5, 5.41) is 0. The van der Waals surface area contributed by atoms with Crippen LogP contribution < -0.4 is 0 Å². The molecule has 288 valence electrons. The van der Waals surface area contributed by atoms with E-state index in [0.717, 1.165) is 44.9 Å². The van der Waals surface area contributed by atoms with Crippen molar-refractivity contribution in [2.24, 2.45) is 17.8 Å². The van der Waals surface area contributed by atoms with Crippen molar-refractivity contribution in [1.82, 2.24) is 4.90 Å². The molecule has 0 bridgehead atoms. The van der Waals surface area contributed by atoms with Crippen LogP contribution >= 0.6 is 0 Å². The Balaban J connectivity index is 2.91. The summed E-state index contributed by atoms with van der Waals surface area (Å²) in [5.41, 5.74) is 0. The van der Waals surface area contributed by atoms with E-state index < -0.39 is 0 Å². The van der Waals surface area contributed by atoms with Gasteiger partial charge in [0.25, 0.3) is 0 Å². The van der Waals surface area contributed by atoms with Gasteiger partial charge in [-0.2, -0.15) is 0 Å². The van der Waals surface area contributed by atoms with Gasteiger partial charge in [-0.1, -0.05) is 162 Å². The summed E-state index contributed by atoms with van der Waals surface area (Å²) < 4.78 is 12.5. The fourth-order valence-corrected chi connectivity index (χ4v) is 7.82. The van der Waals surface area contributed by atoms with Crippen LogP contribution in [-0.4, -0.2) is 49.7 Å². The van der Waals surface area contributed by atoms with Crippen molar-refractivity contribution < 1.29 is 19.1 Å². The number of unbranched alkanes of at least 4 members (excludes halogenated alkanes) is 15. The van der Waals surface area contributed by atoms with Crippen molar-refractivity contribution in [3.63, 3.8) is 0 Å². The average Bonchev–Trinajstić information content (AvgIpc) is 3.44. The minimum absolute atomic E-state index is 0.0251. The summed E-state index contributed by atoms with van der Waals surface area (Å²) in [6.07, 6.45) is 37.0. The van der Waals surface area contributed by atoms with E-state index in [1.165, 1.54) is 122 Å². The molecule has 0 aromatic carbocycles. The first-order valence-electron chi connectivity index (χ1n) is 21.5. The van der Waals surface area contributed by atoms with Crippen LogP contribution in [0.4, 0.5) is 0 Å². The normalized spacial score (nSPS) is 18.6. The number of ether oxygens (including phenoxy) is 2. The molecular weight excluding hydrogens is 606 g/mol. The first kappa shape index (κ1) is 45.7. The van der Waals surface area contributed by atoms with Crippen molar-refractivity contribution in [1.29, 1.82) is 0 Å². The summed E-state index contributed by atoms with van der Waals surface area (Å²) in [6, 6.07) is 0. The first-order valence-corrected chi connectivity index (χ1v) is 21.5. The van der Waals surface area contributed by atoms with Crippen LogP contribution in [0.15, 0.2) is 12.2 Å². The van der Waals surface area contributed by atoms with Crippen molar-refractivity contribution in [3.8, 4) is 0 Å². The quantitative estimate of drug-likeness (QED) is 0.0390. The van der Waals surface area contributed by atoms with Gasteiger partial charge < -0.3 is 14.4 Å². The SMILES string of the molecule is CC/C=C\CC1C(CC(=O)OC(CCCCCCCC)CC(CCCCCCCC)CCCCCCCC)CCC1OC(=O)CCN(C)C. The Morgan fingerprint density at radius 2 is 1.20 bits per heavy atom. The molecule has 0 spiro atoms. The number of allylic oxidation sites excluding steroid dienone is 2. The molecule has 0 aliphatic heterocycles. The van der Waals surface area contributed by atoms with E-state index in [9.17, 15) is 9.59 Å². The van der Waals surface area contributed by atoms with Gasteiger partial charge in [-0.25, -0.2) is 0 Å². The van der Waals surface area contributed by atoms with Crippen LogP contribution in [-0.2, 0) is 19.1 Å². The maximum absolute atomic E-state index is 13.7. The molecule has 5 nitrogen and oxygen atoms in total. The monoisotopic (exact) mass is 690 g/mol. The number of rotatable bonds is 33. The molecule has 0 aromatic rings. The second-order valence-electron chi connectivity index (χ2n) is 15.8. The number of carbonyl (C=O) groups excluding carboxylic acids is 2. The summed E-state index contributed by atoms with van der Waals surface area (Å²) in [7, 11) is 3.96. The summed E-state index contributed by atoms with van der Waals surface area (Å²) in [4.78, 5) is 28.4. The smallest absolute Gasteiger partial charge is 0.307 e. The van der Waals surface area contributed by atoms with Gasteiger partial charge in [-0.3, -0.25) is 9.59 Å². The maximum atomic E-state index is 13.7. The highest BCUT2D eigenvalue weighted by molar-refractivity contribution is 5.70. The zero-order valence-corrected chi connectivity index (χ0v) is 33.6. The Labute approximate surface area is 305 Å². The molecule has 4 unspecified atom stereocenters. The predicted molar refractivity (Wildman–Crippen MR) is 210 cm³/mol. The molecule has 1 aliphatic carbocycles. The minimum Gasteiger partial charge on any atom is -0.462 e. The molecule has 1 rings (SSSR count). The van der Waals surface area contributed by atoms with Crippen LogP contribution in [0, 0.1) is 17.8 Å². The van der Waals surface area contributed by atoms with Gasteiger partial charge >= 0.3 is 11.9 Å². The van der Waals surface area contributed by atoms with Gasteiger partial charge in [-0.05, 0) is 70.9 Å². The summed E-state index contributed by atoms with van der Waals surface area (Å²) in [6.45, 7) is 9.70. The number of nitrogens with zero attached hydrogens (tertiary/aromatic N) is 1. The van der Waals surface area contributed by atoms with E-state index >= 15 is 0 Å². The lowest BCUT2D eigenvalue weighted by atomic mass is 9.87. The van der Waals surface area contributed by atoms with E-state index in [2.05, 4.69) is 39.8 Å². The highest BCUT2D eigenvalue weighted by atomic mass is 16.5. The number of esters is 2. The lowest BCUT2D eigenvalue weighted by Gasteiger charge is -2.27. The molecule has 0 N–H and O–H groups in total. The van der Waals surface area contributed by atoms with Gasteiger partial charge in [0.15, 0.2) is 0 Å². The van der Waals surface area contributed by atoms with Crippen molar-refractivity contribution >= 4 is 11.9 Å². The summed E-state index contributed by atoms with van der Waals surface area (Å²) in [5.74, 6) is 0.899. The van der Waals surface area contributed by atoms with Crippen LogP contribution in [0.2, 0.25) is 0 Å². The largest absolute Gasteiger partial charge is 0.462 e. The molecule has 4 atom stereocenters. The van der Waals surface area contributed by atoms with E-state index in [0.29, 0.717) is 25.3 Å². The molecule has 5 heteroatoms. The Morgan fingerprint density at radius 1 is 0.673 bits per heavy atom. The van der Waals surface area contributed by atoms with E-state index in [1.807, 2.05) is 19.0 Å². The van der Waals surface area contributed by atoms with Crippen LogP contribution in [0.1, 0.15) is 207 Å². The third kappa shape index (κ3) is 24.5. The van der Waals surface area contributed by atoms with Crippen molar-refractivity contribution in [3.05, 3.63) is 12.2 Å². The standard InChI is InChI=1S/C44H83NO4/c1-7-11-15-18-21-25-28-38(29-26-22-19-16-12-8-2)36-40(30-27-23-20-17-13-9-3)48-44(47)37-39-32-33-42(41(39)31-24-14-10-4)49-43(46)34-35-45(5)6/h14,24,38-42H,7-13,15-23,25-37H2,1-6H3/b24-14-. The van der Waals surface area contributed by atoms with E-state index in [4.69, 9.17) is 9.47 Å².